The maximum Gasteiger partial charge on any atom is 0.311 e. The van der Waals surface area contributed by atoms with Crippen molar-refractivity contribution in [3.05, 3.63) is 68.9 Å². The number of rotatable bonds is 4. The number of nitrogens with zero attached hydrogens (tertiary/aromatic N) is 6. The lowest BCUT2D eigenvalue weighted by molar-refractivity contribution is -0.150. The molecule has 0 radical (unpaired) electrons. The summed E-state index contributed by atoms with van der Waals surface area (Å²) in [5.74, 6) is -0.158. The van der Waals surface area contributed by atoms with E-state index in [1.807, 2.05) is 52.8 Å². The summed E-state index contributed by atoms with van der Waals surface area (Å²) in [6.45, 7) is 16.0. The third-order valence-corrected chi connectivity index (χ3v) is 12.8. The first-order valence-corrected chi connectivity index (χ1v) is 21.3. The van der Waals surface area contributed by atoms with Gasteiger partial charge in [-0.15, -0.1) is 0 Å². The van der Waals surface area contributed by atoms with Crippen LogP contribution in [0.15, 0.2) is 36.8 Å². The molecule has 0 spiro atoms. The molecule has 2 N–H and O–H groups in total. The molecule has 0 bridgehead atoms. The molecule has 0 saturated carbocycles. The number of hydrogen-bond acceptors (Lipinski definition) is 13. The highest BCUT2D eigenvalue weighted by Gasteiger charge is 2.45. The summed E-state index contributed by atoms with van der Waals surface area (Å²) in [5.41, 5.74) is 4.68. The molecule has 9 heterocycles. The van der Waals surface area contributed by atoms with Crippen LogP contribution in [0.1, 0.15) is 51.7 Å². The Morgan fingerprint density at radius 2 is 1.03 bits per heavy atom. The molecule has 16 heteroatoms. The monoisotopic (exact) mass is 860 g/mol. The smallest absolute Gasteiger partial charge is 0.311 e. The van der Waals surface area contributed by atoms with Gasteiger partial charge < -0.3 is 43.9 Å². The average Bonchev–Trinajstić information content (AvgIpc) is 3.20. The van der Waals surface area contributed by atoms with Crippen LogP contribution < -0.4 is 14.7 Å². The van der Waals surface area contributed by atoms with Crippen LogP contribution in [-0.4, -0.2) is 126 Å². The third-order valence-electron chi connectivity index (χ3n) is 12.2. The van der Waals surface area contributed by atoms with Crippen molar-refractivity contribution in [1.29, 1.82) is 0 Å². The van der Waals surface area contributed by atoms with Gasteiger partial charge in [0.2, 0.25) is 0 Å². The standard InChI is InChI=1S/C14H17ClN2O3.2C14H19ClN2O2/c1-2-20-14(18)10-6-11-12(5-9(15)7-16-11)17-3-4-19-8-13(10)17;2*1-14(2,18)10-6-11-12(5-9(15)7-16-11)17-3-4-19-8-13(10)17/h5,7,10,13H,2-4,6,8H2,1H3;2*5,7,10,13,18H,3-4,6,8H2,1-2H3. The Bertz CT molecular complexity index is 1840. The minimum atomic E-state index is -0.747. The first-order chi connectivity index (χ1) is 27.6. The number of carbonyl (C=O) groups is 1. The predicted molar refractivity (Wildman–Crippen MR) is 224 cm³/mol. The number of ether oxygens (including phenoxy) is 4. The lowest BCUT2D eigenvalue weighted by Gasteiger charge is -2.49. The van der Waals surface area contributed by atoms with Gasteiger partial charge in [-0.2, -0.15) is 0 Å². The molecule has 0 aliphatic carbocycles. The second-order valence-electron chi connectivity index (χ2n) is 16.9. The zero-order valence-electron chi connectivity index (χ0n) is 33.9. The number of anilines is 3. The van der Waals surface area contributed by atoms with Crippen molar-refractivity contribution in [3.63, 3.8) is 0 Å². The van der Waals surface area contributed by atoms with E-state index in [0.29, 0.717) is 67.7 Å². The number of aromatic nitrogens is 3. The molecule has 13 nitrogen and oxygen atoms in total. The normalized spacial score (nSPS) is 26.1. The molecule has 6 atom stereocenters. The molecule has 3 fully saturated rings. The second-order valence-corrected chi connectivity index (χ2v) is 18.2. The zero-order valence-corrected chi connectivity index (χ0v) is 36.1. The lowest BCUT2D eigenvalue weighted by atomic mass is 9.77. The Labute approximate surface area is 355 Å². The van der Waals surface area contributed by atoms with Gasteiger partial charge in [0.25, 0.3) is 0 Å². The summed E-state index contributed by atoms with van der Waals surface area (Å²) in [6, 6.07) is 6.27. The van der Waals surface area contributed by atoms with Crippen molar-refractivity contribution in [2.45, 2.75) is 83.2 Å². The molecular weight excluding hydrogens is 807 g/mol. The van der Waals surface area contributed by atoms with Crippen molar-refractivity contribution in [2.24, 2.45) is 17.8 Å². The van der Waals surface area contributed by atoms with E-state index < -0.39 is 11.2 Å². The van der Waals surface area contributed by atoms with Gasteiger partial charge in [0.05, 0.1) is 131 Å². The first-order valence-electron chi connectivity index (χ1n) is 20.2. The Hall–Kier alpha value is -3.01. The van der Waals surface area contributed by atoms with Gasteiger partial charge in [0, 0.05) is 56.5 Å². The van der Waals surface area contributed by atoms with Crippen molar-refractivity contribution >= 4 is 57.8 Å². The van der Waals surface area contributed by atoms with Crippen molar-refractivity contribution in [3.8, 4) is 0 Å². The lowest BCUT2D eigenvalue weighted by Crippen LogP contribution is -2.58. The van der Waals surface area contributed by atoms with E-state index >= 15 is 0 Å². The van der Waals surface area contributed by atoms with E-state index in [1.54, 1.807) is 18.6 Å². The third kappa shape index (κ3) is 9.32. The molecule has 6 unspecified atom stereocenters. The van der Waals surface area contributed by atoms with Crippen LogP contribution in [0.25, 0.3) is 0 Å². The van der Waals surface area contributed by atoms with Gasteiger partial charge in [-0.25, -0.2) is 0 Å². The molecule has 58 heavy (non-hydrogen) atoms. The number of aliphatic hydroxyl groups is 2. The number of pyridine rings is 3. The van der Waals surface area contributed by atoms with Crippen LogP contribution in [0.3, 0.4) is 0 Å². The Kier molecular flexibility index (Phi) is 13.3. The summed E-state index contributed by atoms with van der Waals surface area (Å²) in [6.07, 6.45) is 7.10. The molecule has 6 aliphatic heterocycles. The van der Waals surface area contributed by atoms with Crippen molar-refractivity contribution < 1.29 is 34.0 Å². The Morgan fingerprint density at radius 3 is 1.41 bits per heavy atom. The fourth-order valence-electron chi connectivity index (χ4n) is 9.32. The SMILES string of the molecule is CC(C)(O)C1Cc2ncc(Cl)cc2N2CCOCC12.CC(C)(O)C1Cc2ncc(Cl)cc2N2CCOCC12.CCOC(=O)C1Cc2ncc(Cl)cc2N2CCOCC12. The van der Waals surface area contributed by atoms with Crippen LogP contribution >= 0.6 is 34.8 Å². The number of fused-ring (bicyclic) bond motifs is 9. The number of esters is 1. The molecule has 316 valence electrons. The van der Waals surface area contributed by atoms with Gasteiger partial charge in [-0.05, 0) is 65.7 Å². The van der Waals surface area contributed by atoms with Gasteiger partial charge in [-0.3, -0.25) is 19.7 Å². The highest BCUT2D eigenvalue weighted by atomic mass is 35.5. The fourth-order valence-corrected chi connectivity index (χ4v) is 9.77. The molecule has 3 aromatic heterocycles. The van der Waals surface area contributed by atoms with Gasteiger partial charge in [0.15, 0.2) is 0 Å². The second kappa shape index (κ2) is 17.9. The van der Waals surface area contributed by atoms with E-state index in [2.05, 4.69) is 29.7 Å². The van der Waals surface area contributed by atoms with Crippen LogP contribution in [0, 0.1) is 17.8 Å². The van der Waals surface area contributed by atoms with E-state index in [-0.39, 0.29) is 41.8 Å². The summed E-state index contributed by atoms with van der Waals surface area (Å²) < 4.78 is 21.9. The summed E-state index contributed by atoms with van der Waals surface area (Å²) in [5, 5.41) is 22.8. The Balaban J connectivity index is 0.000000132. The van der Waals surface area contributed by atoms with E-state index in [4.69, 9.17) is 53.8 Å². The highest BCUT2D eigenvalue weighted by Crippen LogP contribution is 2.42. The topological polar surface area (TPSA) is 143 Å². The maximum atomic E-state index is 12.2. The molecule has 3 aromatic rings. The highest BCUT2D eigenvalue weighted by molar-refractivity contribution is 6.31. The first kappa shape index (κ1) is 43.1. The number of morpholine rings is 3. The largest absolute Gasteiger partial charge is 0.466 e. The predicted octanol–water partition coefficient (Wildman–Crippen LogP) is 5.44. The van der Waals surface area contributed by atoms with Gasteiger partial charge >= 0.3 is 5.97 Å². The quantitative estimate of drug-likeness (QED) is 0.322. The summed E-state index contributed by atoms with van der Waals surface area (Å²) in [4.78, 5) is 32.2. The van der Waals surface area contributed by atoms with Crippen LogP contribution in [0.2, 0.25) is 15.1 Å². The number of carbonyl (C=O) groups excluding carboxylic acids is 1. The fraction of sp³-hybridized carbons (Fsp3) is 0.619. The summed E-state index contributed by atoms with van der Waals surface area (Å²) in [7, 11) is 0. The number of halogens is 3. The molecule has 0 aromatic carbocycles. The van der Waals surface area contributed by atoms with E-state index in [1.165, 1.54) is 0 Å². The maximum absolute atomic E-state index is 12.2. The van der Waals surface area contributed by atoms with E-state index in [0.717, 1.165) is 66.6 Å². The minimum Gasteiger partial charge on any atom is -0.466 e. The molecule has 6 aliphatic rings. The molecule has 9 rings (SSSR count). The van der Waals surface area contributed by atoms with Crippen LogP contribution in [0.4, 0.5) is 17.1 Å². The summed E-state index contributed by atoms with van der Waals surface area (Å²) >= 11 is 18.2. The van der Waals surface area contributed by atoms with Crippen molar-refractivity contribution in [2.75, 3.05) is 80.6 Å². The van der Waals surface area contributed by atoms with Crippen LogP contribution in [-0.2, 0) is 43.0 Å². The van der Waals surface area contributed by atoms with E-state index in [9.17, 15) is 15.0 Å². The van der Waals surface area contributed by atoms with Crippen molar-refractivity contribution in [1.82, 2.24) is 15.0 Å². The molecular formula is C42H55Cl3N6O7. The van der Waals surface area contributed by atoms with Gasteiger partial charge in [0.1, 0.15) is 0 Å². The van der Waals surface area contributed by atoms with Gasteiger partial charge in [-0.1, -0.05) is 34.8 Å². The number of hydrogen-bond donors (Lipinski definition) is 2. The van der Waals surface area contributed by atoms with Crippen LogP contribution in [0.5, 0.6) is 0 Å². The molecule has 3 saturated heterocycles. The average molecular weight is 862 g/mol. The minimum absolute atomic E-state index is 0.00978. The zero-order chi connectivity index (χ0) is 41.4. The Morgan fingerprint density at radius 1 is 0.672 bits per heavy atom. The molecule has 0 amide bonds.